The van der Waals surface area contributed by atoms with E-state index in [1.165, 1.54) is 11.8 Å². The molecule has 278 valence electrons. The highest BCUT2D eigenvalue weighted by Gasteiger charge is 2.73. The van der Waals surface area contributed by atoms with Gasteiger partial charge in [-0.3, -0.25) is 9.59 Å². The summed E-state index contributed by atoms with van der Waals surface area (Å²) in [4.78, 5) is 36.8. The van der Waals surface area contributed by atoms with Gasteiger partial charge < -0.3 is 44.3 Å². The van der Waals surface area contributed by atoms with Crippen LogP contribution in [0.5, 0.6) is 0 Å². The van der Waals surface area contributed by atoms with Crippen LogP contribution in [0.3, 0.4) is 0 Å². The number of rotatable bonds is 7. The number of ether oxygens (including phenoxy) is 5. The fourth-order valence-electron chi connectivity index (χ4n) is 12.4. The summed E-state index contributed by atoms with van der Waals surface area (Å²) in [7, 11) is 0. The molecule has 8 aliphatic rings. The van der Waals surface area contributed by atoms with Gasteiger partial charge in [-0.25, -0.2) is 4.79 Å². The van der Waals surface area contributed by atoms with E-state index in [4.69, 9.17) is 23.7 Å². The van der Waals surface area contributed by atoms with Crippen molar-refractivity contribution in [3.63, 3.8) is 0 Å². The van der Waals surface area contributed by atoms with E-state index in [0.717, 1.165) is 44.1 Å². The van der Waals surface area contributed by atoms with Crippen LogP contribution in [0, 0.1) is 39.9 Å². The Hall–Kier alpha value is -1.74. The molecule has 3 saturated heterocycles. The summed E-state index contributed by atoms with van der Waals surface area (Å²) in [5, 5.41) is 36.7. The van der Waals surface area contributed by atoms with E-state index in [0.29, 0.717) is 32.3 Å². The molecule has 4 heterocycles. The molecule has 14 atom stereocenters. The number of carbonyl (C=O) groups is 3. The smallest absolute Gasteiger partial charge is 0.331 e. The highest BCUT2D eigenvalue weighted by Crippen LogP contribution is 2.74. The molecule has 2 unspecified atom stereocenters. The Morgan fingerprint density at radius 1 is 1.12 bits per heavy atom. The zero-order valence-electron chi connectivity index (χ0n) is 29.4. The quantitative estimate of drug-likeness (QED) is 0.225. The van der Waals surface area contributed by atoms with Crippen molar-refractivity contribution in [1.29, 1.82) is 0 Å². The lowest BCUT2D eigenvalue weighted by molar-refractivity contribution is -0.449. The second kappa shape index (κ2) is 12.4. The summed E-state index contributed by atoms with van der Waals surface area (Å²) >= 11 is 1.34. The van der Waals surface area contributed by atoms with E-state index in [9.17, 15) is 29.7 Å². The molecule has 4 N–H and O–H groups in total. The van der Waals surface area contributed by atoms with Crippen LogP contribution in [0.2, 0.25) is 0 Å². The number of aliphatic hydroxyl groups excluding tert-OH is 2. The molecule has 7 fully saturated rings. The van der Waals surface area contributed by atoms with Gasteiger partial charge in [0.1, 0.15) is 11.5 Å². The SMILES string of the molecule is CC(O)CCC(=O)OC[C@]12C[C@H]3OC4(O)[C@@H](O[C@H](C)C[C@@]45NC(=O)CS5)O[C@@H]3C[C@@H]1CC[C@@H]1[C@@H]2CC[C@]2(C)[C@@H](C3=CC(=O)OC3)CC[C@]12CO. The lowest BCUT2D eigenvalue weighted by atomic mass is 9.39. The second-order valence-corrected chi connectivity index (χ2v) is 18.3. The third-order valence-electron chi connectivity index (χ3n) is 14.8. The van der Waals surface area contributed by atoms with Crippen molar-refractivity contribution in [2.45, 2.75) is 133 Å². The summed E-state index contributed by atoms with van der Waals surface area (Å²) in [6.45, 7) is 6.42. The molecule has 4 aliphatic carbocycles. The molecule has 12 nitrogen and oxygen atoms in total. The number of hydrogen-bond donors (Lipinski definition) is 4. The van der Waals surface area contributed by atoms with Crippen LogP contribution in [-0.4, -0.2) is 100 Å². The third kappa shape index (κ3) is 5.10. The highest BCUT2D eigenvalue weighted by atomic mass is 32.2. The number of thioether (sulfide) groups is 1. The molecule has 8 rings (SSSR count). The van der Waals surface area contributed by atoms with Crippen molar-refractivity contribution in [3.05, 3.63) is 11.6 Å². The minimum atomic E-state index is -1.92. The predicted octanol–water partition coefficient (Wildman–Crippen LogP) is 2.95. The molecular formula is C37H53NO11S. The third-order valence-corrected chi connectivity index (χ3v) is 16.2. The molecule has 1 amide bonds. The Labute approximate surface area is 297 Å². The first-order chi connectivity index (χ1) is 23.8. The van der Waals surface area contributed by atoms with E-state index in [1.54, 1.807) is 13.0 Å². The first-order valence-electron chi connectivity index (χ1n) is 18.8. The Bertz CT molecular complexity index is 1440. The van der Waals surface area contributed by atoms with Crippen molar-refractivity contribution in [1.82, 2.24) is 5.32 Å². The van der Waals surface area contributed by atoms with E-state index in [-0.39, 0.29) is 89.9 Å². The van der Waals surface area contributed by atoms with Crippen molar-refractivity contribution < 1.29 is 53.4 Å². The number of nitrogens with one attached hydrogen (secondary N) is 1. The predicted molar refractivity (Wildman–Crippen MR) is 179 cm³/mol. The van der Waals surface area contributed by atoms with Gasteiger partial charge in [0.25, 0.3) is 5.79 Å². The Balaban J connectivity index is 1.13. The molecule has 1 spiro atoms. The van der Waals surface area contributed by atoms with Crippen LogP contribution in [0.15, 0.2) is 11.6 Å². The number of hydrogen-bond acceptors (Lipinski definition) is 12. The van der Waals surface area contributed by atoms with Gasteiger partial charge in [-0.15, -0.1) is 11.8 Å². The summed E-state index contributed by atoms with van der Waals surface area (Å²) < 4.78 is 31.1. The van der Waals surface area contributed by atoms with E-state index in [1.807, 2.05) is 6.92 Å². The molecule has 0 aromatic carbocycles. The van der Waals surface area contributed by atoms with Crippen LogP contribution in [0.25, 0.3) is 0 Å². The lowest BCUT2D eigenvalue weighted by Gasteiger charge is -2.67. The van der Waals surface area contributed by atoms with E-state index < -0.39 is 34.6 Å². The number of fused-ring (bicyclic) bond motifs is 8. The minimum Gasteiger partial charge on any atom is -0.465 e. The molecule has 50 heavy (non-hydrogen) atoms. The average Bonchev–Trinajstić information content (AvgIpc) is 3.76. The maximum Gasteiger partial charge on any atom is 0.331 e. The monoisotopic (exact) mass is 719 g/mol. The Morgan fingerprint density at radius 3 is 2.64 bits per heavy atom. The number of amides is 1. The standard InChI is InChI=1S/C37H53NO11S/c1-20(40)4-7-30(42)46-19-34-15-28-27(48-32-37(44,49-28)36(14-21(2)47-32)38-29(41)17-50-36)13-23(34)5-6-26-25(34)8-10-33(3)24(9-11-35(26,33)18-39)22-12-31(43)45-16-22/h12,20-21,23-28,32,39-40,44H,4-11,13-19H2,1-3H3,(H,38,41)/t20?,21-,23+,24-,25+,26-,27-,28-,32+,33-,34-,35+,36+,37?/m1/s1. The topological polar surface area (TPSA) is 170 Å². The van der Waals surface area contributed by atoms with Crippen LogP contribution < -0.4 is 5.32 Å². The molecular weight excluding hydrogens is 666 g/mol. The van der Waals surface area contributed by atoms with Gasteiger partial charge in [-0.05, 0) is 106 Å². The van der Waals surface area contributed by atoms with Crippen molar-refractivity contribution in [2.24, 2.45) is 39.9 Å². The first kappa shape index (κ1) is 35.3. The largest absolute Gasteiger partial charge is 0.465 e. The summed E-state index contributed by atoms with van der Waals surface area (Å²) in [5.74, 6) is -1.98. The zero-order chi connectivity index (χ0) is 35.3. The fraction of sp³-hybridized carbons (Fsp3) is 0.865. The molecule has 4 saturated carbocycles. The van der Waals surface area contributed by atoms with E-state index in [2.05, 4.69) is 12.2 Å². The average molecular weight is 720 g/mol. The van der Waals surface area contributed by atoms with Crippen molar-refractivity contribution in [3.8, 4) is 0 Å². The Kier molecular flexibility index (Phi) is 8.76. The number of cyclic esters (lactones) is 1. The van der Waals surface area contributed by atoms with Gasteiger partial charge in [-0.2, -0.15) is 0 Å². The lowest BCUT2D eigenvalue weighted by Crippen LogP contribution is -2.76. The van der Waals surface area contributed by atoms with Crippen molar-refractivity contribution >= 4 is 29.6 Å². The van der Waals surface area contributed by atoms with Crippen LogP contribution in [0.4, 0.5) is 0 Å². The van der Waals surface area contributed by atoms with Crippen LogP contribution in [-0.2, 0) is 38.1 Å². The number of carbonyl (C=O) groups excluding carboxylic acids is 3. The molecule has 0 aromatic rings. The van der Waals surface area contributed by atoms with Gasteiger partial charge in [0.2, 0.25) is 12.2 Å². The van der Waals surface area contributed by atoms with Gasteiger partial charge in [-0.1, -0.05) is 6.92 Å². The number of esters is 2. The normalized spacial score (nSPS) is 49.8. The van der Waals surface area contributed by atoms with Crippen LogP contribution >= 0.6 is 11.8 Å². The molecule has 13 heteroatoms. The van der Waals surface area contributed by atoms with Gasteiger partial charge in [0, 0.05) is 36.4 Å². The minimum absolute atomic E-state index is 0.0419. The summed E-state index contributed by atoms with van der Waals surface area (Å²) in [6.07, 6.45) is 5.98. The van der Waals surface area contributed by atoms with Gasteiger partial charge in [0.15, 0.2) is 0 Å². The van der Waals surface area contributed by atoms with Gasteiger partial charge in [0.05, 0.1) is 36.8 Å². The van der Waals surface area contributed by atoms with Crippen molar-refractivity contribution in [2.75, 3.05) is 25.6 Å². The maximum atomic E-state index is 13.2. The molecule has 4 aliphatic heterocycles. The van der Waals surface area contributed by atoms with Crippen LogP contribution in [0.1, 0.15) is 91.4 Å². The first-order valence-corrected chi connectivity index (χ1v) is 19.7. The highest BCUT2D eigenvalue weighted by molar-refractivity contribution is 8.01. The molecule has 0 bridgehead atoms. The second-order valence-electron chi connectivity index (χ2n) is 17.1. The molecule has 0 aromatic heterocycles. The zero-order valence-corrected chi connectivity index (χ0v) is 30.2. The number of aliphatic hydroxyl groups is 3. The summed E-state index contributed by atoms with van der Waals surface area (Å²) in [5.41, 5.74) is -0.0810. The maximum absolute atomic E-state index is 13.2. The van der Waals surface area contributed by atoms with Gasteiger partial charge >= 0.3 is 11.9 Å². The fourth-order valence-corrected chi connectivity index (χ4v) is 13.8. The Morgan fingerprint density at radius 2 is 1.94 bits per heavy atom. The summed E-state index contributed by atoms with van der Waals surface area (Å²) in [6, 6.07) is 0. The molecule has 0 radical (unpaired) electrons. The van der Waals surface area contributed by atoms with E-state index >= 15 is 0 Å².